The number of rotatable bonds is 12. The van der Waals surface area contributed by atoms with Crippen molar-refractivity contribution in [1.82, 2.24) is 10.2 Å². The number of hydrogen-bond donors (Lipinski definition) is 4. The number of likely N-dealkylation sites (N-methyl/N-ethyl adjacent to an activating group) is 1. The van der Waals surface area contributed by atoms with Crippen LogP contribution in [0.2, 0.25) is 0 Å². The largest absolute Gasteiger partial charge is 0.457 e. The van der Waals surface area contributed by atoms with Crippen molar-refractivity contribution >= 4 is 12.1 Å². The van der Waals surface area contributed by atoms with Crippen LogP contribution >= 0.6 is 0 Å². The Hall–Kier alpha value is -2.24. The lowest BCUT2D eigenvalue weighted by atomic mass is 9.91. The van der Waals surface area contributed by atoms with Gasteiger partial charge in [-0.15, -0.1) is 0 Å². The van der Waals surface area contributed by atoms with Crippen LogP contribution in [-0.2, 0) is 19.0 Å². The lowest BCUT2D eigenvalue weighted by molar-refractivity contribution is -0.151. The fourth-order valence-corrected chi connectivity index (χ4v) is 5.35. The summed E-state index contributed by atoms with van der Waals surface area (Å²) >= 11 is 0. The summed E-state index contributed by atoms with van der Waals surface area (Å²) in [4.78, 5) is 27.2. The first-order valence-corrected chi connectivity index (χ1v) is 15.7. The van der Waals surface area contributed by atoms with E-state index in [2.05, 4.69) is 5.32 Å². The topological polar surface area (TPSA) is 141 Å². The maximum atomic E-state index is 12.7. The predicted molar refractivity (Wildman–Crippen MR) is 166 cm³/mol. The van der Waals surface area contributed by atoms with Crippen LogP contribution in [0.5, 0.6) is 0 Å². The molecule has 10 heteroatoms. The zero-order valence-corrected chi connectivity index (χ0v) is 27.4. The SMILES string of the molecule is CCC(O)C(C)C1OC1CC(C)(O)/C=C/C=C(\C)C1OC(=O)CC(O)CCC(C)C(OC(=O)NCCN(C)C)/C=C/C1C. The number of carbonyl (C=O) groups is 2. The van der Waals surface area contributed by atoms with Gasteiger partial charge in [0.15, 0.2) is 0 Å². The Morgan fingerprint density at radius 1 is 1.28 bits per heavy atom. The second-order valence-electron chi connectivity index (χ2n) is 13.0. The molecule has 10 unspecified atom stereocenters. The maximum Gasteiger partial charge on any atom is 0.407 e. The summed E-state index contributed by atoms with van der Waals surface area (Å²) in [5.74, 6) is -0.807. The number of aliphatic hydroxyl groups is 3. The molecule has 10 nitrogen and oxygen atoms in total. The van der Waals surface area contributed by atoms with Crippen molar-refractivity contribution < 1.29 is 39.1 Å². The molecule has 246 valence electrons. The smallest absolute Gasteiger partial charge is 0.407 e. The number of carbonyl (C=O) groups excluding carboxylic acids is 2. The number of cyclic esters (lactones) is 1. The van der Waals surface area contributed by atoms with E-state index in [9.17, 15) is 24.9 Å². The Kier molecular flexibility index (Phi) is 14.9. The van der Waals surface area contributed by atoms with Gasteiger partial charge in [-0.25, -0.2) is 4.79 Å². The van der Waals surface area contributed by atoms with E-state index in [-0.39, 0.29) is 36.4 Å². The van der Waals surface area contributed by atoms with Gasteiger partial charge < -0.3 is 39.7 Å². The van der Waals surface area contributed by atoms with Gasteiger partial charge in [-0.1, -0.05) is 52.0 Å². The van der Waals surface area contributed by atoms with Crippen molar-refractivity contribution in [2.45, 2.75) is 116 Å². The summed E-state index contributed by atoms with van der Waals surface area (Å²) in [6.45, 7) is 12.5. The number of hydrogen-bond acceptors (Lipinski definition) is 9. The van der Waals surface area contributed by atoms with E-state index in [0.29, 0.717) is 38.8 Å². The van der Waals surface area contributed by atoms with E-state index in [4.69, 9.17) is 14.2 Å². The first kappa shape index (κ1) is 36.9. The molecule has 2 heterocycles. The molecule has 0 aliphatic carbocycles. The quantitative estimate of drug-likeness (QED) is 0.113. The van der Waals surface area contributed by atoms with Gasteiger partial charge in [-0.3, -0.25) is 4.79 Å². The van der Waals surface area contributed by atoms with Gasteiger partial charge in [0.25, 0.3) is 0 Å². The van der Waals surface area contributed by atoms with Crippen LogP contribution in [0.3, 0.4) is 0 Å². The zero-order chi connectivity index (χ0) is 32.3. The summed E-state index contributed by atoms with van der Waals surface area (Å²) in [5, 5.41) is 34.3. The first-order valence-electron chi connectivity index (χ1n) is 15.7. The number of ether oxygens (including phenoxy) is 3. The van der Waals surface area contributed by atoms with Crippen LogP contribution in [0.15, 0.2) is 36.0 Å². The molecule has 10 atom stereocenters. The highest BCUT2D eigenvalue weighted by Gasteiger charge is 2.47. The third-order valence-electron chi connectivity index (χ3n) is 8.37. The summed E-state index contributed by atoms with van der Waals surface area (Å²) in [6, 6.07) is 0. The molecule has 1 saturated heterocycles. The molecular formula is C33H56N2O8. The van der Waals surface area contributed by atoms with E-state index in [0.717, 1.165) is 5.57 Å². The van der Waals surface area contributed by atoms with Gasteiger partial charge in [0.1, 0.15) is 12.2 Å². The number of aliphatic hydroxyl groups excluding tert-OH is 2. The highest BCUT2D eigenvalue weighted by Crippen LogP contribution is 2.37. The van der Waals surface area contributed by atoms with E-state index in [1.54, 1.807) is 19.1 Å². The fraction of sp³-hybridized carbons (Fsp3) is 0.758. The van der Waals surface area contributed by atoms with Crippen LogP contribution in [-0.4, -0.2) is 102 Å². The van der Waals surface area contributed by atoms with E-state index < -0.39 is 42.1 Å². The number of alkyl carbamates (subject to hydrolysis) is 1. The molecule has 0 bridgehead atoms. The molecule has 2 rings (SSSR count). The number of amides is 1. The van der Waals surface area contributed by atoms with Gasteiger partial charge in [0.2, 0.25) is 0 Å². The Labute approximate surface area is 258 Å². The van der Waals surface area contributed by atoms with Crippen molar-refractivity contribution in [3.8, 4) is 0 Å². The monoisotopic (exact) mass is 608 g/mol. The van der Waals surface area contributed by atoms with Crippen LogP contribution < -0.4 is 5.32 Å². The maximum absolute atomic E-state index is 12.7. The molecule has 0 radical (unpaired) electrons. The standard InChI is InChI=1S/C33H56N2O8/c1-9-26(37)24(5)31-28(41-31)20-33(6,40)16-10-11-22(3)30-23(4)13-15-27(42-32(39)34-17-18-35(7)8)21(2)12-14-25(36)19-29(38)43-30/h10-11,13,15-16,21,23-28,30-31,36-37,40H,9,12,14,17-20H2,1-8H3,(H,34,39)/b15-13+,16-10+,22-11+. The highest BCUT2D eigenvalue weighted by atomic mass is 16.6. The molecular weight excluding hydrogens is 552 g/mol. The Morgan fingerprint density at radius 3 is 2.63 bits per heavy atom. The van der Waals surface area contributed by atoms with Gasteiger partial charge in [-0.2, -0.15) is 0 Å². The molecule has 0 spiro atoms. The molecule has 0 aromatic heterocycles. The molecule has 1 amide bonds. The van der Waals surface area contributed by atoms with Crippen molar-refractivity contribution in [3.63, 3.8) is 0 Å². The Balaban J connectivity index is 2.14. The minimum absolute atomic E-state index is 0.00575. The van der Waals surface area contributed by atoms with Crippen LogP contribution in [0.25, 0.3) is 0 Å². The van der Waals surface area contributed by atoms with Crippen molar-refractivity contribution in [2.75, 3.05) is 27.2 Å². The molecule has 2 aliphatic heterocycles. The van der Waals surface area contributed by atoms with Gasteiger partial charge >= 0.3 is 12.1 Å². The second kappa shape index (κ2) is 17.3. The summed E-state index contributed by atoms with van der Waals surface area (Å²) in [6.07, 6.45) is 7.76. The number of nitrogens with zero attached hydrogens (tertiary/aromatic N) is 1. The van der Waals surface area contributed by atoms with Crippen LogP contribution in [0, 0.1) is 17.8 Å². The number of nitrogens with one attached hydrogen (secondary N) is 1. The third kappa shape index (κ3) is 13.1. The Morgan fingerprint density at radius 2 is 1.98 bits per heavy atom. The number of esters is 1. The van der Waals surface area contributed by atoms with Crippen LogP contribution in [0.1, 0.15) is 73.6 Å². The first-order chi connectivity index (χ1) is 20.1. The van der Waals surface area contributed by atoms with Crippen molar-refractivity contribution in [3.05, 3.63) is 36.0 Å². The average Bonchev–Trinajstić information content (AvgIpc) is 3.68. The normalized spacial score (nSPS) is 32.6. The lowest BCUT2D eigenvalue weighted by Gasteiger charge is -2.27. The molecule has 2 aliphatic rings. The van der Waals surface area contributed by atoms with Crippen molar-refractivity contribution in [1.29, 1.82) is 0 Å². The fourth-order valence-electron chi connectivity index (χ4n) is 5.35. The Bertz CT molecular complexity index is 978. The molecule has 0 aromatic rings. The third-order valence-corrected chi connectivity index (χ3v) is 8.37. The predicted octanol–water partition coefficient (Wildman–Crippen LogP) is 3.75. The summed E-state index contributed by atoms with van der Waals surface area (Å²) in [5.41, 5.74) is -0.365. The van der Waals surface area contributed by atoms with Gasteiger partial charge in [0.05, 0.1) is 36.4 Å². The van der Waals surface area contributed by atoms with Crippen molar-refractivity contribution in [2.24, 2.45) is 17.8 Å². The molecule has 43 heavy (non-hydrogen) atoms. The van der Waals surface area contributed by atoms with Gasteiger partial charge in [0, 0.05) is 31.3 Å². The number of epoxide rings is 1. The van der Waals surface area contributed by atoms with E-state index in [1.807, 2.05) is 71.8 Å². The van der Waals surface area contributed by atoms with Gasteiger partial charge in [-0.05, 0) is 64.8 Å². The molecule has 1 fully saturated rings. The molecule has 0 saturated carbocycles. The second-order valence-corrected chi connectivity index (χ2v) is 13.0. The highest BCUT2D eigenvalue weighted by molar-refractivity contribution is 5.70. The lowest BCUT2D eigenvalue weighted by Crippen LogP contribution is -2.36. The average molecular weight is 609 g/mol. The minimum atomic E-state index is -1.13. The molecule has 0 aromatic carbocycles. The van der Waals surface area contributed by atoms with E-state index >= 15 is 0 Å². The van der Waals surface area contributed by atoms with E-state index in [1.165, 1.54) is 0 Å². The molecule has 4 N–H and O–H groups in total. The summed E-state index contributed by atoms with van der Waals surface area (Å²) in [7, 11) is 3.85. The van der Waals surface area contributed by atoms with Crippen LogP contribution in [0.4, 0.5) is 4.79 Å². The summed E-state index contributed by atoms with van der Waals surface area (Å²) < 4.78 is 17.3. The minimum Gasteiger partial charge on any atom is -0.457 e. The number of allylic oxidation sites excluding steroid dienone is 2. The zero-order valence-electron chi connectivity index (χ0n) is 27.4.